The Kier molecular flexibility index (Phi) is 8.08. The van der Waals surface area contributed by atoms with Crippen molar-refractivity contribution in [3.63, 3.8) is 0 Å². The van der Waals surface area contributed by atoms with Crippen LogP contribution in [-0.4, -0.2) is 65.5 Å². The predicted octanol–water partition coefficient (Wildman–Crippen LogP) is 3.56. The number of aromatic nitrogens is 4. The number of fused-ring (bicyclic) bond motifs is 1. The highest BCUT2D eigenvalue weighted by molar-refractivity contribution is 9.10. The van der Waals surface area contributed by atoms with Crippen LogP contribution in [-0.2, 0) is 27.5 Å². The zero-order valence-corrected chi connectivity index (χ0v) is 26.0. The van der Waals surface area contributed by atoms with Gasteiger partial charge in [0, 0.05) is 54.5 Å². The second-order valence-electron chi connectivity index (χ2n) is 9.93. The van der Waals surface area contributed by atoms with E-state index in [1.807, 2.05) is 39.0 Å². The zero-order valence-electron chi connectivity index (χ0n) is 22.7. The second-order valence-corrected chi connectivity index (χ2v) is 13.9. The highest BCUT2D eigenvalue weighted by atomic mass is 79.9. The van der Waals surface area contributed by atoms with Gasteiger partial charge in [-0.2, -0.15) is 4.31 Å². The van der Waals surface area contributed by atoms with Crippen LogP contribution in [0.25, 0.3) is 28.2 Å². The van der Waals surface area contributed by atoms with Crippen LogP contribution in [0.3, 0.4) is 0 Å². The quantitative estimate of drug-likeness (QED) is 0.203. The van der Waals surface area contributed by atoms with Crippen molar-refractivity contribution >= 4 is 53.7 Å². The number of hydrogen-bond acceptors (Lipinski definition) is 7. The third kappa shape index (κ3) is 5.42. The smallest absolute Gasteiger partial charge is 0.213 e. The molecule has 0 aliphatic carbocycles. The summed E-state index contributed by atoms with van der Waals surface area (Å²) in [6, 6.07) is 7.88. The van der Waals surface area contributed by atoms with E-state index >= 15 is 0 Å². The molecule has 1 fully saturated rings. The summed E-state index contributed by atoms with van der Waals surface area (Å²) in [6.45, 7) is 8.82. The van der Waals surface area contributed by atoms with Crippen molar-refractivity contribution in [1.29, 1.82) is 0 Å². The number of halogens is 1. The number of aromatic amines is 1. The number of thiol groups is 1. The molecule has 1 saturated heterocycles. The summed E-state index contributed by atoms with van der Waals surface area (Å²) in [6.07, 6.45) is 2.41. The highest BCUT2D eigenvalue weighted by Gasteiger charge is 2.31. The largest absolute Gasteiger partial charge is 0.378 e. The van der Waals surface area contributed by atoms with Crippen molar-refractivity contribution in [2.45, 2.75) is 46.7 Å². The number of aryl methyl sites for hydroxylation is 1. The van der Waals surface area contributed by atoms with E-state index in [9.17, 15) is 16.8 Å². The normalized spacial score (nSPS) is 16.4. The number of rotatable bonds is 9. The number of hydrogen-bond donors (Lipinski definition) is 4. The average molecular weight is 651 g/mol. The molecular formula is C26H32BrN7O4S2. The van der Waals surface area contributed by atoms with Crippen LogP contribution >= 0.6 is 15.9 Å². The average Bonchev–Trinajstić information content (AvgIpc) is 3.63. The van der Waals surface area contributed by atoms with Gasteiger partial charge in [-0.25, -0.2) is 31.5 Å². The highest BCUT2D eigenvalue weighted by Crippen LogP contribution is 2.35. The molecule has 5 rings (SSSR count). The molecule has 1 aromatic carbocycles. The maximum Gasteiger partial charge on any atom is 0.213 e. The molecule has 3 aromatic heterocycles. The fraction of sp³-hybridized carbons (Fsp3) is 0.385. The molecule has 4 aromatic rings. The first kappa shape index (κ1) is 28.7. The van der Waals surface area contributed by atoms with Gasteiger partial charge in [-0.05, 0) is 73.3 Å². The van der Waals surface area contributed by atoms with Gasteiger partial charge < -0.3 is 14.9 Å². The van der Waals surface area contributed by atoms with Crippen LogP contribution in [0.2, 0.25) is 0 Å². The first-order valence-electron chi connectivity index (χ1n) is 12.9. The molecule has 40 heavy (non-hydrogen) atoms. The molecule has 0 amide bonds. The summed E-state index contributed by atoms with van der Waals surface area (Å²) in [7, 11) is -5.92. The van der Waals surface area contributed by atoms with Crippen molar-refractivity contribution in [1.82, 2.24) is 28.5 Å². The van der Waals surface area contributed by atoms with Gasteiger partial charge in [0.1, 0.15) is 11.3 Å². The lowest BCUT2D eigenvalue weighted by molar-refractivity contribution is 0.476. The van der Waals surface area contributed by atoms with Crippen molar-refractivity contribution in [2.75, 3.05) is 24.2 Å². The van der Waals surface area contributed by atoms with E-state index in [1.165, 1.54) is 4.31 Å². The molecule has 0 bridgehead atoms. The Balaban J connectivity index is 1.49. The van der Waals surface area contributed by atoms with Crippen LogP contribution in [0.1, 0.15) is 35.9 Å². The lowest BCUT2D eigenvalue weighted by Crippen LogP contribution is -2.32. The minimum absolute atomic E-state index is 0.0436. The summed E-state index contributed by atoms with van der Waals surface area (Å²) in [4.78, 5) is 12.8. The second kappa shape index (κ2) is 11.2. The number of anilines is 1. The van der Waals surface area contributed by atoms with Gasteiger partial charge in [0.2, 0.25) is 20.9 Å². The topological polar surface area (TPSA) is 142 Å². The number of nitrogens with one attached hydrogen (secondary N) is 3. The summed E-state index contributed by atoms with van der Waals surface area (Å²) < 4.78 is 53.7. The fourth-order valence-corrected chi connectivity index (χ4v) is 7.17. The summed E-state index contributed by atoms with van der Waals surface area (Å²) >= 11 is 3.60. The van der Waals surface area contributed by atoms with Crippen molar-refractivity contribution in [3.05, 3.63) is 57.4 Å². The molecule has 0 saturated carbocycles. The number of benzene rings is 1. The maximum absolute atomic E-state index is 12.3. The molecule has 0 unspecified atom stereocenters. The third-order valence-corrected chi connectivity index (χ3v) is 10.3. The summed E-state index contributed by atoms with van der Waals surface area (Å²) in [5.41, 5.74) is 7.82. The Morgan fingerprint density at radius 1 is 1.23 bits per heavy atom. The van der Waals surface area contributed by atoms with Crippen LogP contribution in [0.4, 0.5) is 5.69 Å². The first-order chi connectivity index (χ1) is 19.0. The van der Waals surface area contributed by atoms with E-state index in [0.717, 1.165) is 43.9 Å². The van der Waals surface area contributed by atoms with Crippen molar-refractivity contribution in [3.8, 4) is 17.1 Å². The van der Waals surface area contributed by atoms with Gasteiger partial charge in [0.15, 0.2) is 5.65 Å². The van der Waals surface area contributed by atoms with Gasteiger partial charge in [-0.15, -0.1) is 0 Å². The summed E-state index contributed by atoms with van der Waals surface area (Å²) in [5, 5.41) is 3.50. The van der Waals surface area contributed by atoms with Crippen LogP contribution in [0.15, 0.2) is 34.9 Å². The van der Waals surface area contributed by atoms with Crippen LogP contribution in [0, 0.1) is 20.8 Å². The molecule has 14 heteroatoms. The molecule has 0 spiro atoms. The SMILES string of the molecule is CCS(=O)(=O)N1CC[C@H](Nc2c(Br)cnc3[nH]c(-c4cc(C)n(-c5cccc(CN[SH](=O)=O)c5C)c4C)nc23)C1. The first-order valence-corrected chi connectivity index (χ1v) is 16.5. The van der Waals surface area contributed by atoms with Crippen LogP contribution in [0.5, 0.6) is 0 Å². The van der Waals surface area contributed by atoms with Crippen molar-refractivity contribution in [2.24, 2.45) is 0 Å². The molecular weight excluding hydrogens is 618 g/mol. The minimum atomic E-state index is -3.24. The molecule has 1 atom stereocenters. The van der Waals surface area contributed by atoms with Gasteiger partial charge in [0.05, 0.1) is 15.9 Å². The zero-order chi connectivity index (χ0) is 28.8. The van der Waals surface area contributed by atoms with E-state index in [2.05, 4.69) is 46.6 Å². The molecule has 1 aliphatic heterocycles. The van der Waals surface area contributed by atoms with Gasteiger partial charge in [-0.1, -0.05) is 12.1 Å². The molecule has 0 radical (unpaired) electrons. The fourth-order valence-electron chi connectivity index (χ4n) is 5.31. The number of H-pyrrole nitrogens is 1. The third-order valence-electron chi connectivity index (χ3n) is 7.47. The molecule has 3 N–H and O–H groups in total. The monoisotopic (exact) mass is 649 g/mol. The Bertz CT molecular complexity index is 1770. The Labute approximate surface area is 243 Å². The van der Waals surface area contributed by atoms with E-state index in [0.29, 0.717) is 36.5 Å². The van der Waals surface area contributed by atoms with Gasteiger partial charge in [0.25, 0.3) is 0 Å². The number of pyridine rings is 1. The van der Waals surface area contributed by atoms with Gasteiger partial charge >= 0.3 is 0 Å². The predicted molar refractivity (Wildman–Crippen MR) is 161 cm³/mol. The van der Waals surface area contributed by atoms with E-state index < -0.39 is 20.9 Å². The Morgan fingerprint density at radius 3 is 2.73 bits per heavy atom. The number of nitrogens with zero attached hydrogens (tertiary/aromatic N) is 4. The Hall–Kier alpha value is -2.78. The maximum atomic E-state index is 12.3. The van der Waals surface area contributed by atoms with Crippen LogP contribution < -0.4 is 10.0 Å². The number of imidazole rings is 1. The minimum Gasteiger partial charge on any atom is -0.378 e. The van der Waals surface area contributed by atoms with Crippen molar-refractivity contribution < 1.29 is 16.8 Å². The molecule has 214 valence electrons. The summed E-state index contributed by atoms with van der Waals surface area (Å²) in [5.74, 6) is 0.759. The van der Waals surface area contributed by atoms with E-state index in [-0.39, 0.29) is 18.3 Å². The molecule has 11 nitrogen and oxygen atoms in total. The standard InChI is InChI=1S/C26H32BrN7O4S2/c1-5-40(37,38)33-10-9-19(14-33)30-23-21(27)13-28-26-24(23)31-25(32-26)20-11-15(2)34(17(20)4)22-8-6-7-18(16(22)3)12-29-39(35)36/h6-8,11,13,19,39H,5,9-10,12,14H2,1-4H3,(H,29,35,36)(H2,28,30,31,32)/t19-/m0/s1. The van der Waals surface area contributed by atoms with E-state index in [4.69, 9.17) is 4.98 Å². The lowest BCUT2D eigenvalue weighted by Gasteiger charge is -2.17. The lowest BCUT2D eigenvalue weighted by atomic mass is 10.1. The number of sulfonamides is 1. The van der Waals surface area contributed by atoms with E-state index in [1.54, 1.807) is 13.1 Å². The Morgan fingerprint density at radius 2 is 2.00 bits per heavy atom. The van der Waals surface area contributed by atoms with Gasteiger partial charge in [-0.3, -0.25) is 0 Å². The molecule has 1 aliphatic rings. The molecule has 4 heterocycles.